The van der Waals surface area contributed by atoms with Gasteiger partial charge in [-0.15, -0.1) is 0 Å². The lowest BCUT2D eigenvalue weighted by molar-refractivity contribution is 0.979. The molecule has 12 heavy (non-hydrogen) atoms. The molecule has 62 valence electrons. The fraction of sp³-hybridized carbons (Fsp3) is 0.143. The van der Waals surface area contributed by atoms with Crippen molar-refractivity contribution >= 4 is 17.3 Å². The van der Waals surface area contributed by atoms with Crippen molar-refractivity contribution in [1.82, 2.24) is 4.98 Å². The molecule has 0 aliphatic heterocycles. The first kappa shape index (κ1) is 8.78. The summed E-state index contributed by atoms with van der Waals surface area (Å²) in [4.78, 5) is 5.07. The largest absolute Gasteiger partial charge is 0.313 e. The van der Waals surface area contributed by atoms with Gasteiger partial charge in [-0.25, -0.2) is 4.98 Å². The zero-order valence-electron chi connectivity index (χ0n) is 6.24. The lowest BCUT2D eigenvalue weighted by Crippen LogP contribution is -2.24. The molecule has 5 heteroatoms. The van der Waals surface area contributed by atoms with E-state index in [2.05, 4.69) is 4.98 Å². The lowest BCUT2D eigenvalue weighted by atomic mass is 10.4. The van der Waals surface area contributed by atoms with Crippen LogP contribution in [0.5, 0.6) is 0 Å². The van der Waals surface area contributed by atoms with E-state index in [1.807, 2.05) is 6.19 Å². The molecule has 0 spiro atoms. The van der Waals surface area contributed by atoms with Gasteiger partial charge in [-0.1, -0.05) is 11.6 Å². The van der Waals surface area contributed by atoms with Gasteiger partial charge in [0, 0.05) is 6.20 Å². The molecule has 1 aromatic rings. The molecule has 0 unspecified atom stereocenters. The van der Waals surface area contributed by atoms with Crippen LogP contribution in [-0.2, 0) is 0 Å². The Labute approximate surface area is 75.2 Å². The molecule has 2 N–H and O–H groups in total. The highest BCUT2D eigenvalue weighted by atomic mass is 35.5. The number of nitrogens with two attached hydrogens (primary N) is 1. The number of halogens is 1. The summed E-state index contributed by atoms with van der Waals surface area (Å²) in [6.07, 6.45) is 3.45. The molecular formula is C7H7ClN4. The zero-order valence-corrected chi connectivity index (χ0v) is 6.99. The summed E-state index contributed by atoms with van der Waals surface area (Å²) >= 11 is 5.72. The third-order valence-electron chi connectivity index (χ3n) is 1.33. The van der Waals surface area contributed by atoms with Gasteiger partial charge in [-0.2, -0.15) is 5.26 Å². The Balaban J connectivity index is 3.02. The van der Waals surface area contributed by atoms with E-state index in [0.717, 1.165) is 0 Å². The van der Waals surface area contributed by atoms with E-state index in [-0.39, 0.29) is 11.8 Å². The predicted octanol–water partition coefficient (Wildman–Crippen LogP) is 0.939. The molecule has 0 bridgehead atoms. The summed E-state index contributed by atoms with van der Waals surface area (Å²) in [6.45, 7) is 0.0991. The maximum absolute atomic E-state index is 8.61. The van der Waals surface area contributed by atoms with Crippen molar-refractivity contribution in [2.75, 3.05) is 11.6 Å². The molecule has 1 rings (SSSR count). The Bertz CT molecular complexity index is 307. The number of aromatic nitrogens is 1. The summed E-state index contributed by atoms with van der Waals surface area (Å²) < 4.78 is 0. The number of hydrogen-bond acceptors (Lipinski definition) is 4. The number of anilines is 1. The van der Waals surface area contributed by atoms with Crippen LogP contribution in [0.2, 0.25) is 5.15 Å². The first-order valence-electron chi connectivity index (χ1n) is 3.27. The highest BCUT2D eigenvalue weighted by molar-refractivity contribution is 6.32. The quantitative estimate of drug-likeness (QED) is 0.320. The van der Waals surface area contributed by atoms with Crippen LogP contribution in [0.4, 0.5) is 5.69 Å². The van der Waals surface area contributed by atoms with Gasteiger partial charge in [-0.3, -0.25) is 4.90 Å². The van der Waals surface area contributed by atoms with Gasteiger partial charge in [0.15, 0.2) is 11.3 Å². The topological polar surface area (TPSA) is 65.9 Å². The molecular weight excluding hydrogens is 176 g/mol. The molecule has 0 aliphatic rings. The first-order chi connectivity index (χ1) is 5.79. The van der Waals surface area contributed by atoms with Crippen molar-refractivity contribution in [3.8, 4) is 6.19 Å². The third-order valence-corrected chi connectivity index (χ3v) is 1.62. The van der Waals surface area contributed by atoms with Crippen molar-refractivity contribution < 1.29 is 0 Å². The van der Waals surface area contributed by atoms with E-state index in [0.29, 0.717) is 5.69 Å². The van der Waals surface area contributed by atoms with Gasteiger partial charge in [0.1, 0.15) is 0 Å². The second-order valence-electron chi connectivity index (χ2n) is 2.02. The molecule has 0 fully saturated rings. The van der Waals surface area contributed by atoms with Crippen LogP contribution in [0.3, 0.4) is 0 Å². The number of nitriles is 1. The van der Waals surface area contributed by atoms with Gasteiger partial charge in [0.2, 0.25) is 0 Å². The van der Waals surface area contributed by atoms with E-state index in [1.165, 1.54) is 4.90 Å². The van der Waals surface area contributed by atoms with Crippen molar-refractivity contribution in [3.63, 3.8) is 0 Å². The Morgan fingerprint density at radius 1 is 1.75 bits per heavy atom. The maximum atomic E-state index is 8.61. The smallest absolute Gasteiger partial charge is 0.185 e. The second-order valence-corrected chi connectivity index (χ2v) is 2.38. The van der Waals surface area contributed by atoms with Crippen LogP contribution in [0.1, 0.15) is 0 Å². The van der Waals surface area contributed by atoms with Crippen LogP contribution in [0.25, 0.3) is 0 Å². The van der Waals surface area contributed by atoms with E-state index in [9.17, 15) is 0 Å². The van der Waals surface area contributed by atoms with Gasteiger partial charge >= 0.3 is 0 Å². The number of rotatable bonds is 2. The normalized spacial score (nSPS) is 9.08. The molecule has 4 nitrogen and oxygen atoms in total. The molecule has 0 atom stereocenters. The van der Waals surface area contributed by atoms with Crippen LogP contribution in [0.15, 0.2) is 18.3 Å². The molecule has 0 aliphatic carbocycles. The van der Waals surface area contributed by atoms with Gasteiger partial charge in [-0.05, 0) is 12.1 Å². The van der Waals surface area contributed by atoms with E-state index in [4.69, 9.17) is 22.6 Å². The van der Waals surface area contributed by atoms with Gasteiger partial charge < -0.3 is 5.73 Å². The Hall–Kier alpha value is -1.31. The van der Waals surface area contributed by atoms with Crippen LogP contribution >= 0.6 is 11.6 Å². The highest BCUT2D eigenvalue weighted by Gasteiger charge is 2.06. The van der Waals surface area contributed by atoms with Crippen molar-refractivity contribution in [3.05, 3.63) is 23.5 Å². The average molecular weight is 183 g/mol. The highest BCUT2D eigenvalue weighted by Crippen LogP contribution is 2.20. The monoisotopic (exact) mass is 182 g/mol. The van der Waals surface area contributed by atoms with E-state index in [1.54, 1.807) is 18.3 Å². The van der Waals surface area contributed by atoms with Gasteiger partial charge in [0.05, 0.1) is 12.4 Å². The maximum Gasteiger partial charge on any atom is 0.185 e. The van der Waals surface area contributed by atoms with E-state index >= 15 is 0 Å². The summed E-state index contributed by atoms with van der Waals surface area (Å²) in [5, 5.41) is 8.90. The summed E-state index contributed by atoms with van der Waals surface area (Å²) in [5.41, 5.74) is 5.83. The SMILES string of the molecule is N#CN(CN)c1cccnc1Cl. The Morgan fingerprint density at radius 3 is 3.00 bits per heavy atom. The van der Waals surface area contributed by atoms with Crippen molar-refractivity contribution in [1.29, 1.82) is 5.26 Å². The number of hydrogen-bond donors (Lipinski definition) is 1. The fourth-order valence-corrected chi connectivity index (χ4v) is 0.993. The molecule has 0 saturated heterocycles. The summed E-state index contributed by atoms with van der Waals surface area (Å²) in [5.74, 6) is 0. The Morgan fingerprint density at radius 2 is 2.50 bits per heavy atom. The van der Waals surface area contributed by atoms with Crippen LogP contribution in [-0.4, -0.2) is 11.7 Å². The number of pyridine rings is 1. The lowest BCUT2D eigenvalue weighted by Gasteiger charge is -2.12. The molecule has 0 amide bonds. The van der Waals surface area contributed by atoms with Crippen LogP contribution in [0, 0.1) is 11.5 Å². The third kappa shape index (κ3) is 1.64. The van der Waals surface area contributed by atoms with E-state index < -0.39 is 0 Å². The van der Waals surface area contributed by atoms with Gasteiger partial charge in [0.25, 0.3) is 0 Å². The minimum atomic E-state index is 0.0991. The second kappa shape index (κ2) is 3.90. The predicted molar refractivity (Wildman–Crippen MR) is 46.4 cm³/mol. The minimum Gasteiger partial charge on any atom is -0.313 e. The zero-order chi connectivity index (χ0) is 8.97. The molecule has 1 heterocycles. The standard InChI is InChI=1S/C7H7ClN4/c8-7-6(2-1-3-11-7)12(4-9)5-10/h1-3H,4,9H2. The summed E-state index contributed by atoms with van der Waals surface area (Å²) in [6, 6.07) is 3.38. The number of nitrogens with zero attached hydrogens (tertiary/aromatic N) is 3. The summed E-state index contributed by atoms with van der Waals surface area (Å²) in [7, 11) is 0. The average Bonchev–Trinajstić information content (AvgIpc) is 2.10. The minimum absolute atomic E-state index is 0.0991. The fourth-order valence-electron chi connectivity index (χ4n) is 0.772. The molecule has 0 radical (unpaired) electrons. The first-order valence-corrected chi connectivity index (χ1v) is 3.65. The van der Waals surface area contributed by atoms with Crippen molar-refractivity contribution in [2.24, 2.45) is 5.73 Å². The molecule has 0 saturated carbocycles. The molecule has 1 aromatic heterocycles. The van der Waals surface area contributed by atoms with Crippen LogP contribution < -0.4 is 10.6 Å². The van der Waals surface area contributed by atoms with Crippen molar-refractivity contribution in [2.45, 2.75) is 0 Å². The Kier molecular flexibility index (Phi) is 2.86. The molecule has 0 aromatic carbocycles.